The molecule has 82 valence electrons. The summed E-state index contributed by atoms with van der Waals surface area (Å²) >= 11 is 5.78. The Labute approximate surface area is 105 Å². The molecule has 0 spiro atoms. The van der Waals surface area contributed by atoms with Crippen LogP contribution in [0.15, 0.2) is 29.2 Å². The van der Waals surface area contributed by atoms with E-state index < -0.39 is 0 Å². The van der Waals surface area contributed by atoms with Crippen LogP contribution in [-0.4, -0.2) is 10.1 Å². The second kappa shape index (κ2) is 5.40. The minimum absolute atomic E-state index is 0.710. The summed E-state index contributed by atoms with van der Waals surface area (Å²) in [7, 11) is 0. The van der Waals surface area contributed by atoms with Gasteiger partial charge < -0.3 is 0 Å². The highest BCUT2D eigenvalue weighted by molar-refractivity contribution is 9.09. The topological polar surface area (TPSA) is 0 Å². The van der Waals surface area contributed by atoms with Crippen LogP contribution in [0.4, 0.5) is 0 Å². The molecular weight excluding hydrogens is 268 g/mol. The first-order chi connectivity index (χ1) is 7.29. The Bertz CT molecular complexity index is 299. The maximum atomic E-state index is 3.71. The van der Waals surface area contributed by atoms with Crippen molar-refractivity contribution in [3.63, 3.8) is 0 Å². The molecule has 2 rings (SSSR count). The van der Waals surface area contributed by atoms with Gasteiger partial charge in [0.2, 0.25) is 0 Å². The van der Waals surface area contributed by atoms with Gasteiger partial charge in [-0.15, -0.1) is 11.8 Å². The summed E-state index contributed by atoms with van der Waals surface area (Å²) in [5.41, 5.74) is 1.55. The Kier molecular flexibility index (Phi) is 4.15. The SMILES string of the molecule is CCC(Br)CCC1Cc2ccccc2S1. The Hall–Kier alpha value is 0.0500. The summed E-state index contributed by atoms with van der Waals surface area (Å²) < 4.78 is 0. The van der Waals surface area contributed by atoms with E-state index in [1.807, 2.05) is 0 Å². The number of alkyl halides is 1. The monoisotopic (exact) mass is 284 g/mol. The first-order valence-electron chi connectivity index (χ1n) is 5.68. The fourth-order valence-electron chi connectivity index (χ4n) is 1.99. The molecule has 0 radical (unpaired) electrons. The lowest BCUT2D eigenvalue weighted by atomic mass is 10.1. The zero-order chi connectivity index (χ0) is 10.7. The summed E-state index contributed by atoms with van der Waals surface area (Å²) in [5.74, 6) is 0. The summed E-state index contributed by atoms with van der Waals surface area (Å²) in [6, 6.07) is 8.83. The normalized spacial score (nSPS) is 21.3. The van der Waals surface area contributed by atoms with Crippen molar-refractivity contribution in [2.75, 3.05) is 0 Å². The number of halogens is 1. The van der Waals surface area contributed by atoms with Crippen LogP contribution in [0.3, 0.4) is 0 Å². The fourth-order valence-corrected chi connectivity index (χ4v) is 3.59. The molecule has 0 nitrogen and oxygen atoms in total. The quantitative estimate of drug-likeness (QED) is 0.725. The van der Waals surface area contributed by atoms with E-state index in [9.17, 15) is 0 Å². The van der Waals surface area contributed by atoms with Crippen LogP contribution in [0.5, 0.6) is 0 Å². The van der Waals surface area contributed by atoms with Gasteiger partial charge in [-0.2, -0.15) is 0 Å². The fraction of sp³-hybridized carbons (Fsp3) is 0.538. The van der Waals surface area contributed by atoms with E-state index in [-0.39, 0.29) is 0 Å². The Morgan fingerprint density at radius 2 is 2.27 bits per heavy atom. The smallest absolute Gasteiger partial charge is 0.0143 e. The number of fused-ring (bicyclic) bond motifs is 1. The highest BCUT2D eigenvalue weighted by atomic mass is 79.9. The standard InChI is InChI=1S/C13H17BrS/c1-2-11(14)7-8-12-9-10-5-3-4-6-13(10)15-12/h3-6,11-12H,2,7-9H2,1H3. The van der Waals surface area contributed by atoms with Gasteiger partial charge in [0.25, 0.3) is 0 Å². The molecule has 1 aliphatic rings. The number of thioether (sulfide) groups is 1. The highest BCUT2D eigenvalue weighted by Crippen LogP contribution is 2.39. The highest BCUT2D eigenvalue weighted by Gasteiger charge is 2.21. The molecule has 2 atom stereocenters. The van der Waals surface area contributed by atoms with E-state index in [0.717, 1.165) is 5.25 Å². The Balaban J connectivity index is 1.85. The Morgan fingerprint density at radius 3 is 3.00 bits per heavy atom. The molecule has 1 aliphatic heterocycles. The van der Waals surface area contributed by atoms with E-state index in [2.05, 4.69) is 58.9 Å². The van der Waals surface area contributed by atoms with Crippen LogP contribution >= 0.6 is 27.7 Å². The minimum Gasteiger partial charge on any atom is -0.122 e. The van der Waals surface area contributed by atoms with Crippen LogP contribution in [0, 0.1) is 0 Å². The van der Waals surface area contributed by atoms with Gasteiger partial charge in [0, 0.05) is 15.0 Å². The lowest BCUT2D eigenvalue weighted by Crippen LogP contribution is -2.05. The molecule has 0 aliphatic carbocycles. The van der Waals surface area contributed by atoms with Gasteiger partial charge in [-0.25, -0.2) is 0 Å². The predicted octanol–water partition coefficient (Wildman–Crippen LogP) is 4.66. The largest absolute Gasteiger partial charge is 0.122 e. The van der Waals surface area contributed by atoms with Gasteiger partial charge >= 0.3 is 0 Å². The molecule has 0 amide bonds. The summed E-state index contributed by atoms with van der Waals surface area (Å²) in [6.45, 7) is 2.25. The van der Waals surface area contributed by atoms with Gasteiger partial charge in [0.15, 0.2) is 0 Å². The minimum atomic E-state index is 0.710. The second-order valence-electron chi connectivity index (χ2n) is 4.13. The number of benzene rings is 1. The first kappa shape index (κ1) is 11.5. The number of hydrogen-bond donors (Lipinski definition) is 0. The lowest BCUT2D eigenvalue weighted by molar-refractivity contribution is 0.666. The molecular formula is C13H17BrS. The molecule has 0 saturated carbocycles. The van der Waals surface area contributed by atoms with Gasteiger partial charge in [-0.3, -0.25) is 0 Å². The third-order valence-corrected chi connectivity index (χ3v) is 5.45. The van der Waals surface area contributed by atoms with Gasteiger partial charge in [0.05, 0.1) is 0 Å². The molecule has 0 bridgehead atoms. The van der Waals surface area contributed by atoms with Crippen LogP contribution in [0.25, 0.3) is 0 Å². The van der Waals surface area contributed by atoms with Crippen molar-refractivity contribution >= 4 is 27.7 Å². The van der Waals surface area contributed by atoms with E-state index in [1.165, 1.54) is 30.6 Å². The van der Waals surface area contributed by atoms with E-state index in [1.54, 1.807) is 5.56 Å². The average Bonchev–Trinajstić information content (AvgIpc) is 2.68. The van der Waals surface area contributed by atoms with Crippen molar-refractivity contribution in [3.05, 3.63) is 29.8 Å². The van der Waals surface area contributed by atoms with Gasteiger partial charge in [-0.05, 0) is 37.3 Å². The van der Waals surface area contributed by atoms with E-state index >= 15 is 0 Å². The molecule has 2 heteroatoms. The number of hydrogen-bond acceptors (Lipinski definition) is 1. The van der Waals surface area contributed by atoms with Crippen molar-refractivity contribution < 1.29 is 0 Å². The first-order valence-corrected chi connectivity index (χ1v) is 7.47. The van der Waals surface area contributed by atoms with E-state index in [4.69, 9.17) is 0 Å². The zero-order valence-electron chi connectivity index (χ0n) is 9.08. The summed E-state index contributed by atoms with van der Waals surface area (Å²) in [6.07, 6.45) is 5.15. The molecule has 2 unspecified atom stereocenters. The van der Waals surface area contributed by atoms with Crippen molar-refractivity contribution in [2.24, 2.45) is 0 Å². The third-order valence-electron chi connectivity index (χ3n) is 2.96. The van der Waals surface area contributed by atoms with Crippen LogP contribution < -0.4 is 0 Å². The van der Waals surface area contributed by atoms with Gasteiger partial charge in [-0.1, -0.05) is 41.1 Å². The molecule has 0 N–H and O–H groups in total. The lowest BCUT2D eigenvalue weighted by Gasteiger charge is -2.10. The predicted molar refractivity (Wildman–Crippen MR) is 72.0 cm³/mol. The molecule has 15 heavy (non-hydrogen) atoms. The molecule has 1 aromatic rings. The summed E-state index contributed by atoms with van der Waals surface area (Å²) in [4.78, 5) is 2.21. The maximum absolute atomic E-state index is 3.71. The molecule has 1 aromatic carbocycles. The van der Waals surface area contributed by atoms with Gasteiger partial charge in [0.1, 0.15) is 0 Å². The summed E-state index contributed by atoms with van der Waals surface area (Å²) in [5, 5.41) is 0.814. The molecule has 1 heterocycles. The average molecular weight is 285 g/mol. The maximum Gasteiger partial charge on any atom is 0.0143 e. The molecule has 0 aromatic heterocycles. The van der Waals surface area contributed by atoms with Crippen molar-refractivity contribution in [3.8, 4) is 0 Å². The van der Waals surface area contributed by atoms with Crippen LogP contribution in [0.1, 0.15) is 31.7 Å². The van der Waals surface area contributed by atoms with E-state index in [0.29, 0.717) is 4.83 Å². The third kappa shape index (κ3) is 3.01. The van der Waals surface area contributed by atoms with Crippen LogP contribution in [-0.2, 0) is 6.42 Å². The number of rotatable bonds is 4. The van der Waals surface area contributed by atoms with Crippen molar-refractivity contribution in [2.45, 2.75) is 47.6 Å². The second-order valence-corrected chi connectivity index (χ2v) is 6.77. The molecule has 0 fully saturated rings. The Morgan fingerprint density at radius 1 is 1.47 bits per heavy atom. The van der Waals surface area contributed by atoms with Crippen LogP contribution in [0.2, 0.25) is 0 Å². The van der Waals surface area contributed by atoms with Crippen molar-refractivity contribution in [1.29, 1.82) is 0 Å². The molecule has 0 saturated heterocycles. The van der Waals surface area contributed by atoms with Crippen molar-refractivity contribution in [1.82, 2.24) is 0 Å². The zero-order valence-corrected chi connectivity index (χ0v) is 11.5.